The Labute approximate surface area is 162 Å². The molecule has 0 unspecified atom stereocenters. The molecule has 2 aromatic heterocycles. The first-order valence-electron chi connectivity index (χ1n) is 10.0. The Bertz CT molecular complexity index is 985. The maximum absolute atomic E-state index is 11.2. The summed E-state index contributed by atoms with van der Waals surface area (Å²) < 4.78 is 1.90. The predicted molar refractivity (Wildman–Crippen MR) is 104 cm³/mol. The van der Waals surface area contributed by atoms with Gasteiger partial charge in [-0.1, -0.05) is 0 Å². The number of fused-ring (bicyclic) bond motifs is 1. The van der Waals surface area contributed by atoms with Crippen molar-refractivity contribution in [2.24, 2.45) is 5.92 Å². The summed E-state index contributed by atoms with van der Waals surface area (Å²) in [6.07, 6.45) is 8.53. The smallest absolute Gasteiger partial charge is 0.306 e. The highest BCUT2D eigenvalue weighted by atomic mass is 16.7. The lowest BCUT2D eigenvalue weighted by Crippen LogP contribution is -2.39. The van der Waals surface area contributed by atoms with Gasteiger partial charge in [0.2, 0.25) is 0 Å². The molecule has 2 aliphatic carbocycles. The van der Waals surface area contributed by atoms with E-state index in [1.165, 1.54) is 6.42 Å². The van der Waals surface area contributed by atoms with Gasteiger partial charge in [-0.25, -0.2) is 9.67 Å². The van der Waals surface area contributed by atoms with Crippen molar-refractivity contribution in [3.63, 3.8) is 0 Å². The number of pyridine rings is 1. The molecule has 2 fully saturated rings. The van der Waals surface area contributed by atoms with Gasteiger partial charge in [0, 0.05) is 24.3 Å². The molecule has 0 bridgehead atoms. The molecule has 5 rings (SSSR count). The fraction of sp³-hybridized carbons (Fsp3) is 0.550. The van der Waals surface area contributed by atoms with E-state index in [2.05, 4.69) is 22.0 Å². The van der Waals surface area contributed by atoms with Gasteiger partial charge in [-0.15, -0.1) is 0 Å². The molecule has 0 atom stereocenters. The summed E-state index contributed by atoms with van der Waals surface area (Å²) in [5, 5.41) is 18.4. The number of anilines is 1. The van der Waals surface area contributed by atoms with Gasteiger partial charge < -0.3 is 10.4 Å². The van der Waals surface area contributed by atoms with Crippen LogP contribution in [-0.4, -0.2) is 37.5 Å². The molecule has 28 heavy (non-hydrogen) atoms. The number of hydrogen-bond acceptors (Lipinski definition) is 6. The number of aliphatic carboxylic acids is 1. The van der Waals surface area contributed by atoms with Crippen LogP contribution in [0.5, 0.6) is 0 Å². The van der Waals surface area contributed by atoms with E-state index < -0.39 is 5.97 Å². The molecule has 0 saturated heterocycles. The lowest BCUT2D eigenvalue weighted by atomic mass is 9.79. The van der Waals surface area contributed by atoms with E-state index in [0.29, 0.717) is 12.8 Å². The Hall–Kier alpha value is -2.61. The van der Waals surface area contributed by atoms with Crippen LogP contribution in [0.4, 0.5) is 5.69 Å². The first-order valence-corrected chi connectivity index (χ1v) is 10.0. The number of carboxylic acids is 1. The van der Waals surface area contributed by atoms with Gasteiger partial charge in [-0.2, -0.15) is 5.10 Å². The van der Waals surface area contributed by atoms with Crippen LogP contribution in [0.2, 0.25) is 0 Å². The Morgan fingerprint density at radius 2 is 2.25 bits per heavy atom. The zero-order chi connectivity index (χ0) is 19.5. The standard InChI is InChI=1S/C20H25N5O3/c1-3-25-18-16(11(2)23-25)17(22-13-7-12(8-13)19(26)27)14(10-21-18)15-9-20(28-24-15)5-4-6-20/h9-10,12-13,24H,3-8H2,1-2H3,(H,21,22)(H,26,27). The molecule has 8 nitrogen and oxygen atoms in total. The third-order valence-electron chi connectivity index (χ3n) is 6.33. The second-order valence-corrected chi connectivity index (χ2v) is 8.17. The highest BCUT2D eigenvalue weighted by molar-refractivity contribution is 5.98. The number of nitrogens with one attached hydrogen (secondary N) is 2. The number of aryl methyl sites for hydroxylation is 2. The molecule has 148 valence electrons. The Morgan fingerprint density at radius 1 is 1.46 bits per heavy atom. The third kappa shape index (κ3) is 2.58. The largest absolute Gasteiger partial charge is 0.481 e. The molecule has 3 aliphatic rings. The average molecular weight is 383 g/mol. The summed E-state index contributed by atoms with van der Waals surface area (Å²) >= 11 is 0. The molecule has 1 spiro atoms. The molecular weight excluding hydrogens is 358 g/mol. The van der Waals surface area contributed by atoms with Crippen LogP contribution in [0.25, 0.3) is 16.7 Å². The Balaban J connectivity index is 1.57. The van der Waals surface area contributed by atoms with Crippen LogP contribution < -0.4 is 10.8 Å². The van der Waals surface area contributed by atoms with Gasteiger partial charge in [0.1, 0.15) is 5.60 Å². The van der Waals surface area contributed by atoms with E-state index >= 15 is 0 Å². The zero-order valence-electron chi connectivity index (χ0n) is 16.2. The van der Waals surface area contributed by atoms with Crippen molar-refractivity contribution in [3.05, 3.63) is 23.5 Å². The lowest BCUT2D eigenvalue weighted by molar-refractivity contribution is -0.144. The minimum atomic E-state index is -0.714. The maximum atomic E-state index is 11.2. The van der Waals surface area contributed by atoms with Crippen molar-refractivity contribution in [1.29, 1.82) is 0 Å². The summed E-state index contributed by atoms with van der Waals surface area (Å²) in [4.78, 5) is 21.7. The maximum Gasteiger partial charge on any atom is 0.306 e. The number of hydroxylamine groups is 1. The fourth-order valence-corrected chi connectivity index (χ4v) is 4.42. The van der Waals surface area contributed by atoms with Crippen molar-refractivity contribution >= 4 is 28.4 Å². The van der Waals surface area contributed by atoms with E-state index in [9.17, 15) is 9.90 Å². The molecule has 0 radical (unpaired) electrons. The van der Waals surface area contributed by atoms with Gasteiger partial charge >= 0.3 is 5.97 Å². The van der Waals surface area contributed by atoms with Crippen molar-refractivity contribution in [1.82, 2.24) is 20.2 Å². The van der Waals surface area contributed by atoms with E-state index in [1.807, 2.05) is 24.7 Å². The monoisotopic (exact) mass is 383 g/mol. The molecule has 0 amide bonds. The van der Waals surface area contributed by atoms with E-state index in [1.54, 1.807) is 0 Å². The van der Waals surface area contributed by atoms with Crippen molar-refractivity contribution in [2.75, 3.05) is 5.32 Å². The number of rotatable bonds is 5. The highest BCUT2D eigenvalue weighted by Crippen LogP contribution is 2.44. The molecular formula is C20H25N5O3. The minimum absolute atomic E-state index is 0.135. The van der Waals surface area contributed by atoms with E-state index in [4.69, 9.17) is 9.82 Å². The first-order chi connectivity index (χ1) is 13.5. The summed E-state index contributed by atoms with van der Waals surface area (Å²) in [6, 6.07) is 0.135. The molecule has 2 aromatic rings. The lowest BCUT2D eigenvalue weighted by Gasteiger charge is -2.34. The van der Waals surface area contributed by atoms with E-state index in [0.717, 1.165) is 53.1 Å². The molecule has 1 aliphatic heterocycles. The molecule has 2 saturated carbocycles. The average Bonchev–Trinajstić information content (AvgIpc) is 3.19. The number of carboxylic acid groups (broad SMARTS) is 1. The summed E-state index contributed by atoms with van der Waals surface area (Å²) in [6.45, 7) is 4.79. The van der Waals surface area contributed by atoms with Crippen LogP contribution in [0.1, 0.15) is 50.3 Å². The fourth-order valence-electron chi connectivity index (χ4n) is 4.42. The first kappa shape index (κ1) is 17.5. The summed E-state index contributed by atoms with van der Waals surface area (Å²) in [7, 11) is 0. The predicted octanol–water partition coefficient (Wildman–Crippen LogP) is 2.83. The SMILES string of the molecule is CCn1nc(C)c2c(NC3CC(C(=O)O)C3)c(C3=CC4(CCC4)ON3)cnc21. The Morgan fingerprint density at radius 3 is 2.86 bits per heavy atom. The quantitative estimate of drug-likeness (QED) is 0.730. The third-order valence-corrected chi connectivity index (χ3v) is 6.33. The topological polar surface area (TPSA) is 101 Å². The van der Waals surface area contributed by atoms with Gasteiger partial charge in [0.25, 0.3) is 0 Å². The zero-order valence-corrected chi connectivity index (χ0v) is 16.2. The minimum Gasteiger partial charge on any atom is -0.481 e. The number of nitrogens with zero attached hydrogens (tertiary/aromatic N) is 3. The Kier molecular flexibility index (Phi) is 3.87. The second-order valence-electron chi connectivity index (χ2n) is 8.17. The molecule has 0 aromatic carbocycles. The van der Waals surface area contributed by atoms with Gasteiger partial charge in [-0.3, -0.25) is 15.1 Å². The van der Waals surface area contributed by atoms with Crippen LogP contribution in [0, 0.1) is 12.8 Å². The highest BCUT2D eigenvalue weighted by Gasteiger charge is 2.42. The number of aromatic nitrogens is 3. The van der Waals surface area contributed by atoms with Crippen LogP contribution in [0.15, 0.2) is 12.3 Å². The van der Waals surface area contributed by atoms with Crippen LogP contribution in [-0.2, 0) is 16.2 Å². The van der Waals surface area contributed by atoms with Crippen LogP contribution in [0.3, 0.4) is 0 Å². The number of carbonyl (C=O) groups is 1. The summed E-state index contributed by atoms with van der Waals surface area (Å²) in [5.41, 5.74) is 7.53. The van der Waals surface area contributed by atoms with Crippen molar-refractivity contribution < 1.29 is 14.7 Å². The summed E-state index contributed by atoms with van der Waals surface area (Å²) in [5.74, 6) is -0.975. The second kappa shape index (κ2) is 6.20. The molecule has 8 heteroatoms. The van der Waals surface area contributed by atoms with Gasteiger partial charge in [0.05, 0.1) is 28.4 Å². The normalized spacial score (nSPS) is 25.1. The van der Waals surface area contributed by atoms with Gasteiger partial charge in [-0.05, 0) is 52.0 Å². The van der Waals surface area contributed by atoms with E-state index in [-0.39, 0.29) is 17.6 Å². The molecule has 3 heterocycles. The van der Waals surface area contributed by atoms with Crippen molar-refractivity contribution in [3.8, 4) is 0 Å². The molecule has 3 N–H and O–H groups in total. The number of hydrogen-bond donors (Lipinski definition) is 3. The van der Waals surface area contributed by atoms with Gasteiger partial charge in [0.15, 0.2) is 5.65 Å². The van der Waals surface area contributed by atoms with Crippen molar-refractivity contribution in [2.45, 2.75) is 64.1 Å². The van der Waals surface area contributed by atoms with Crippen LogP contribution >= 0.6 is 0 Å².